The number of nitrogens with two attached hydrogens (primary N) is 1. The van der Waals surface area contributed by atoms with Crippen LogP contribution in [0.15, 0.2) is 30.3 Å². The van der Waals surface area contributed by atoms with Gasteiger partial charge >= 0.3 is 24.1 Å². The number of unbranched alkanes of at least 4 members (excludes halogenated alkanes) is 2. The van der Waals surface area contributed by atoms with Crippen molar-refractivity contribution < 1.29 is 43.3 Å². The van der Waals surface area contributed by atoms with E-state index in [1.165, 1.54) is 0 Å². The Labute approximate surface area is 282 Å². The highest BCUT2D eigenvalue weighted by atomic mass is 16.5. The molecule has 0 radical (unpaired) electrons. The number of urea groups is 1. The first-order valence-electron chi connectivity index (χ1n) is 16.5. The van der Waals surface area contributed by atoms with Crippen molar-refractivity contribution in [2.75, 3.05) is 19.7 Å². The van der Waals surface area contributed by atoms with Gasteiger partial charge in [0.2, 0.25) is 11.8 Å². The standard InChI is InChI=1S/C33H54N6O9/c1-6-47-31(44)27(22(4)5)39-29(41)26(21(2)3)38-28(40)24(36-32(45)37-25(30(42)43)17-10-12-18-34)16-11-13-19-35-33(46)48-20-23-14-8-7-9-15-23/h7-9,14-15,21-22,24-27H,6,10-13,16-20,34H2,1-5H3,(H,35,46)(H,38,40)(H,39,41)(H,42,43)(H2,36,37,45)/t24-,25+,26+,27+/m1/s1. The Morgan fingerprint density at radius 1 is 0.750 bits per heavy atom. The quantitative estimate of drug-likeness (QED) is 0.0698. The number of nitrogens with one attached hydrogen (secondary N) is 5. The third kappa shape index (κ3) is 16.4. The molecule has 0 saturated heterocycles. The molecule has 0 fully saturated rings. The molecule has 15 nitrogen and oxygen atoms in total. The summed E-state index contributed by atoms with van der Waals surface area (Å²) in [5.74, 6) is -3.79. The van der Waals surface area contributed by atoms with Gasteiger partial charge in [0.1, 0.15) is 30.8 Å². The predicted molar refractivity (Wildman–Crippen MR) is 178 cm³/mol. The monoisotopic (exact) mass is 678 g/mol. The van der Waals surface area contributed by atoms with Crippen LogP contribution in [0.2, 0.25) is 0 Å². The van der Waals surface area contributed by atoms with Gasteiger partial charge in [-0.2, -0.15) is 0 Å². The third-order valence-corrected chi connectivity index (χ3v) is 7.33. The summed E-state index contributed by atoms with van der Waals surface area (Å²) in [6.45, 7) is 9.46. The SMILES string of the molecule is CCOC(=O)[C@@H](NC(=O)[C@@H](NC(=O)[C@@H](CCCCNC(=O)OCc1ccccc1)NC(=O)N[C@@H](CCCCN)C(=O)O)C(C)C)C(C)C. The molecular formula is C33H54N6O9. The Hall–Kier alpha value is -4.40. The number of carbonyl (C=O) groups excluding carboxylic acids is 5. The van der Waals surface area contributed by atoms with E-state index in [1.807, 2.05) is 30.3 Å². The molecule has 0 bridgehead atoms. The molecule has 1 aromatic carbocycles. The number of ether oxygens (including phenoxy) is 2. The number of aliphatic carboxylic acids is 1. The molecular weight excluding hydrogens is 624 g/mol. The number of benzene rings is 1. The zero-order valence-electron chi connectivity index (χ0n) is 28.7. The van der Waals surface area contributed by atoms with E-state index in [9.17, 15) is 33.9 Å². The topological polar surface area (TPSA) is 227 Å². The lowest BCUT2D eigenvalue weighted by atomic mass is 9.99. The number of amides is 5. The lowest BCUT2D eigenvalue weighted by Gasteiger charge is -2.28. The average molecular weight is 679 g/mol. The molecule has 8 N–H and O–H groups in total. The minimum absolute atomic E-state index is 0.106. The van der Waals surface area contributed by atoms with Crippen molar-refractivity contribution in [3.63, 3.8) is 0 Å². The fourth-order valence-corrected chi connectivity index (χ4v) is 4.58. The first kappa shape index (κ1) is 41.6. The highest BCUT2D eigenvalue weighted by Crippen LogP contribution is 2.10. The van der Waals surface area contributed by atoms with E-state index in [2.05, 4.69) is 26.6 Å². The van der Waals surface area contributed by atoms with Gasteiger partial charge in [-0.3, -0.25) is 9.59 Å². The molecule has 48 heavy (non-hydrogen) atoms. The summed E-state index contributed by atoms with van der Waals surface area (Å²) in [5.41, 5.74) is 6.33. The molecule has 1 aromatic rings. The van der Waals surface area contributed by atoms with Gasteiger partial charge in [0.05, 0.1) is 6.61 Å². The van der Waals surface area contributed by atoms with Crippen LogP contribution in [0.5, 0.6) is 0 Å². The summed E-state index contributed by atoms with van der Waals surface area (Å²) in [7, 11) is 0. The van der Waals surface area contributed by atoms with Crippen molar-refractivity contribution >= 4 is 35.9 Å². The average Bonchev–Trinajstić information content (AvgIpc) is 3.03. The first-order valence-corrected chi connectivity index (χ1v) is 16.5. The van der Waals surface area contributed by atoms with E-state index in [4.69, 9.17) is 15.2 Å². The van der Waals surface area contributed by atoms with Gasteiger partial charge in [-0.05, 0) is 69.4 Å². The number of hydrogen-bond acceptors (Lipinski definition) is 9. The van der Waals surface area contributed by atoms with Gasteiger partial charge in [0.15, 0.2) is 0 Å². The fraction of sp³-hybridized carbons (Fsp3) is 0.636. The van der Waals surface area contributed by atoms with Gasteiger partial charge in [-0.1, -0.05) is 58.0 Å². The Balaban J connectivity index is 2.94. The second-order valence-corrected chi connectivity index (χ2v) is 12.0. The summed E-state index contributed by atoms with van der Waals surface area (Å²) in [6.07, 6.45) is 1.50. The molecule has 0 heterocycles. The Bertz CT molecular complexity index is 1170. The second kappa shape index (κ2) is 23.0. The summed E-state index contributed by atoms with van der Waals surface area (Å²) in [5, 5.41) is 22.5. The van der Waals surface area contributed by atoms with Crippen LogP contribution in [0, 0.1) is 11.8 Å². The van der Waals surface area contributed by atoms with Crippen LogP contribution in [-0.4, -0.2) is 84.8 Å². The van der Waals surface area contributed by atoms with Crippen LogP contribution < -0.4 is 32.3 Å². The van der Waals surface area contributed by atoms with Crippen LogP contribution in [-0.2, 0) is 35.3 Å². The smallest absolute Gasteiger partial charge is 0.407 e. The molecule has 270 valence electrons. The summed E-state index contributed by atoms with van der Waals surface area (Å²) < 4.78 is 10.3. The Kier molecular flexibility index (Phi) is 20.0. The van der Waals surface area contributed by atoms with E-state index >= 15 is 0 Å². The van der Waals surface area contributed by atoms with Gasteiger partial charge in [-0.15, -0.1) is 0 Å². The summed E-state index contributed by atoms with van der Waals surface area (Å²) in [6, 6.07) is 3.96. The van der Waals surface area contributed by atoms with Gasteiger partial charge < -0.3 is 46.9 Å². The largest absolute Gasteiger partial charge is 0.480 e. The number of carbonyl (C=O) groups is 6. The number of carboxylic acids is 1. The van der Waals surface area contributed by atoms with Crippen molar-refractivity contribution in [2.24, 2.45) is 17.6 Å². The second-order valence-electron chi connectivity index (χ2n) is 12.0. The van der Waals surface area contributed by atoms with Crippen LogP contribution in [0.1, 0.15) is 78.7 Å². The van der Waals surface area contributed by atoms with E-state index < -0.39 is 66.0 Å². The molecule has 0 aliphatic carbocycles. The van der Waals surface area contributed by atoms with Crippen LogP contribution in [0.4, 0.5) is 9.59 Å². The zero-order chi connectivity index (χ0) is 36.1. The predicted octanol–water partition coefficient (Wildman–Crippen LogP) is 2.18. The summed E-state index contributed by atoms with van der Waals surface area (Å²) >= 11 is 0. The maximum Gasteiger partial charge on any atom is 0.407 e. The third-order valence-electron chi connectivity index (χ3n) is 7.33. The number of carboxylic acid groups (broad SMARTS) is 1. The highest BCUT2D eigenvalue weighted by molar-refractivity contribution is 5.94. The van der Waals surface area contributed by atoms with Gasteiger partial charge in [0, 0.05) is 6.54 Å². The maximum absolute atomic E-state index is 13.5. The Morgan fingerprint density at radius 3 is 1.92 bits per heavy atom. The normalized spacial score (nSPS) is 13.4. The minimum Gasteiger partial charge on any atom is -0.480 e. The molecule has 15 heteroatoms. The van der Waals surface area contributed by atoms with Crippen molar-refractivity contribution in [1.29, 1.82) is 0 Å². The maximum atomic E-state index is 13.5. The van der Waals surface area contributed by atoms with E-state index in [1.54, 1.807) is 34.6 Å². The van der Waals surface area contributed by atoms with Crippen LogP contribution in [0.25, 0.3) is 0 Å². The summed E-state index contributed by atoms with van der Waals surface area (Å²) in [4.78, 5) is 75.9. The lowest BCUT2D eigenvalue weighted by Crippen LogP contribution is -2.59. The molecule has 0 unspecified atom stereocenters. The molecule has 0 aromatic heterocycles. The molecule has 0 aliphatic heterocycles. The van der Waals surface area contributed by atoms with Crippen LogP contribution >= 0.6 is 0 Å². The first-order chi connectivity index (χ1) is 22.8. The number of esters is 1. The molecule has 0 spiro atoms. The molecule has 0 aliphatic rings. The van der Waals surface area contributed by atoms with Crippen molar-refractivity contribution in [3.05, 3.63) is 35.9 Å². The molecule has 4 atom stereocenters. The minimum atomic E-state index is -1.23. The van der Waals surface area contributed by atoms with Gasteiger partial charge in [0.25, 0.3) is 0 Å². The fourth-order valence-electron chi connectivity index (χ4n) is 4.58. The Morgan fingerprint density at radius 2 is 1.33 bits per heavy atom. The van der Waals surface area contributed by atoms with Crippen molar-refractivity contribution in [2.45, 2.75) is 104 Å². The highest BCUT2D eigenvalue weighted by Gasteiger charge is 2.33. The number of hydrogen-bond donors (Lipinski definition) is 7. The number of rotatable bonds is 22. The van der Waals surface area contributed by atoms with E-state index in [0.717, 1.165) is 5.56 Å². The zero-order valence-corrected chi connectivity index (χ0v) is 28.7. The molecule has 5 amide bonds. The van der Waals surface area contributed by atoms with Crippen molar-refractivity contribution in [3.8, 4) is 0 Å². The number of alkyl carbamates (subject to hydrolysis) is 1. The van der Waals surface area contributed by atoms with Crippen molar-refractivity contribution in [1.82, 2.24) is 26.6 Å². The molecule has 1 rings (SSSR count). The van der Waals surface area contributed by atoms with E-state index in [-0.39, 0.29) is 38.5 Å². The molecule has 0 saturated carbocycles. The van der Waals surface area contributed by atoms with Crippen LogP contribution in [0.3, 0.4) is 0 Å². The lowest BCUT2D eigenvalue weighted by molar-refractivity contribution is -0.149. The van der Waals surface area contributed by atoms with Gasteiger partial charge in [-0.25, -0.2) is 19.2 Å². The van der Waals surface area contributed by atoms with E-state index in [0.29, 0.717) is 32.2 Å².